The molecular formula is C27H28N4O4. The predicted octanol–water partition coefficient (Wildman–Crippen LogP) is 4.18. The fourth-order valence-corrected chi connectivity index (χ4v) is 3.85. The second-order valence-electron chi connectivity index (χ2n) is 8.53. The van der Waals surface area contributed by atoms with Gasteiger partial charge in [0.15, 0.2) is 0 Å². The molecule has 2 amide bonds. The predicted molar refractivity (Wildman–Crippen MR) is 134 cm³/mol. The Balaban J connectivity index is 1.71. The van der Waals surface area contributed by atoms with Gasteiger partial charge < -0.3 is 14.4 Å². The summed E-state index contributed by atoms with van der Waals surface area (Å²) in [5.74, 6) is 0.281. The van der Waals surface area contributed by atoms with Gasteiger partial charge in [-0.25, -0.2) is 14.8 Å². The van der Waals surface area contributed by atoms with Gasteiger partial charge in [-0.3, -0.25) is 10.1 Å². The Bertz CT molecular complexity index is 1230. The number of alkyl carbamates (subject to hydrolysis) is 1. The van der Waals surface area contributed by atoms with Crippen LogP contribution in [-0.2, 0) is 16.1 Å². The molecule has 35 heavy (non-hydrogen) atoms. The number of rotatable bonds is 7. The van der Waals surface area contributed by atoms with Crippen LogP contribution in [0.25, 0.3) is 0 Å². The number of benzene rings is 2. The van der Waals surface area contributed by atoms with Crippen LogP contribution in [0.2, 0.25) is 0 Å². The molecule has 8 nitrogen and oxygen atoms in total. The van der Waals surface area contributed by atoms with Gasteiger partial charge in [-0.05, 0) is 23.6 Å². The normalized spacial score (nSPS) is 15.2. The van der Waals surface area contributed by atoms with Gasteiger partial charge in [0, 0.05) is 29.9 Å². The number of hydrogen-bond acceptors (Lipinski definition) is 6. The number of para-hydroxylation sites is 1. The average molecular weight is 473 g/mol. The number of nitrogens with one attached hydrogen (secondary N) is 1. The van der Waals surface area contributed by atoms with Crippen molar-refractivity contribution >= 4 is 23.4 Å². The third kappa shape index (κ3) is 5.66. The molecule has 1 aliphatic rings. The van der Waals surface area contributed by atoms with Crippen molar-refractivity contribution in [3.05, 3.63) is 89.6 Å². The summed E-state index contributed by atoms with van der Waals surface area (Å²) in [5, 5.41) is 2.66. The van der Waals surface area contributed by atoms with E-state index in [1.54, 1.807) is 23.2 Å². The number of fused-ring (bicyclic) bond motifs is 1. The molecule has 0 saturated carbocycles. The molecule has 2 aromatic carbocycles. The van der Waals surface area contributed by atoms with Crippen molar-refractivity contribution in [3.63, 3.8) is 0 Å². The van der Waals surface area contributed by atoms with E-state index in [0.29, 0.717) is 23.7 Å². The maximum Gasteiger partial charge on any atom is 0.409 e. The highest BCUT2D eigenvalue weighted by molar-refractivity contribution is 6.20. The van der Waals surface area contributed by atoms with E-state index in [1.807, 2.05) is 68.4 Å². The van der Waals surface area contributed by atoms with Crippen LogP contribution in [0.15, 0.2) is 77.9 Å². The van der Waals surface area contributed by atoms with E-state index in [9.17, 15) is 9.59 Å². The Labute approximate surface area is 204 Å². The lowest BCUT2D eigenvalue weighted by Gasteiger charge is -2.27. The van der Waals surface area contributed by atoms with Crippen molar-refractivity contribution in [2.75, 3.05) is 18.6 Å². The van der Waals surface area contributed by atoms with Crippen LogP contribution in [-0.4, -0.2) is 42.5 Å². The Hall–Kier alpha value is -4.20. The monoisotopic (exact) mass is 472 g/mol. The molecule has 3 aromatic rings. The van der Waals surface area contributed by atoms with Crippen LogP contribution >= 0.6 is 0 Å². The molecule has 0 fully saturated rings. The zero-order valence-electron chi connectivity index (χ0n) is 20.0. The van der Waals surface area contributed by atoms with Crippen LogP contribution in [0.1, 0.15) is 30.5 Å². The number of aliphatic imine (C=N–C) groups is 1. The standard InChI is InChI=1S/C27H28N4O4/c1-18(2)16-31-22-12-8-7-11-21(22)24(20-13-14-28-23(15-20)34-3)29-25(26(31)32)30-27(33)35-17-19-9-5-4-6-10-19/h4-15,18,25H,16-17H2,1-3H3,(H,30,33). The van der Waals surface area contributed by atoms with Gasteiger partial charge in [0.2, 0.25) is 12.0 Å². The molecule has 1 atom stereocenters. The second-order valence-corrected chi connectivity index (χ2v) is 8.53. The molecule has 0 radical (unpaired) electrons. The van der Waals surface area contributed by atoms with Crippen molar-refractivity contribution < 1.29 is 19.1 Å². The maximum atomic E-state index is 13.7. The number of ether oxygens (including phenoxy) is 2. The summed E-state index contributed by atoms with van der Waals surface area (Å²) in [7, 11) is 1.54. The number of nitrogens with zero attached hydrogens (tertiary/aromatic N) is 3. The number of anilines is 1. The lowest BCUT2D eigenvalue weighted by Crippen LogP contribution is -2.48. The number of aromatic nitrogens is 1. The topological polar surface area (TPSA) is 93.1 Å². The first kappa shape index (κ1) is 23.9. The van der Waals surface area contributed by atoms with E-state index in [4.69, 9.17) is 14.5 Å². The van der Waals surface area contributed by atoms with Crippen LogP contribution in [0.3, 0.4) is 0 Å². The molecule has 1 aliphatic heterocycles. The van der Waals surface area contributed by atoms with Gasteiger partial charge in [0.05, 0.1) is 18.5 Å². The second kappa shape index (κ2) is 10.8. The largest absolute Gasteiger partial charge is 0.481 e. The SMILES string of the molecule is COc1cc(C2=NC(NC(=O)OCc3ccccc3)C(=O)N(CC(C)C)c3ccccc32)ccn1. The van der Waals surface area contributed by atoms with Gasteiger partial charge in [-0.15, -0.1) is 0 Å². The first-order valence-electron chi connectivity index (χ1n) is 11.4. The summed E-state index contributed by atoms with van der Waals surface area (Å²) in [6.45, 7) is 4.62. The summed E-state index contributed by atoms with van der Waals surface area (Å²) in [5.41, 5.74) is 3.61. The van der Waals surface area contributed by atoms with Gasteiger partial charge in [0.25, 0.3) is 5.91 Å². The summed E-state index contributed by atoms with van der Waals surface area (Å²) in [4.78, 5) is 36.9. The lowest BCUT2D eigenvalue weighted by molar-refractivity contribution is -0.120. The van der Waals surface area contributed by atoms with Gasteiger partial charge in [0.1, 0.15) is 6.61 Å². The van der Waals surface area contributed by atoms with Crippen LogP contribution in [0, 0.1) is 5.92 Å². The molecule has 0 bridgehead atoms. The molecule has 0 spiro atoms. The molecule has 8 heteroatoms. The fraction of sp³-hybridized carbons (Fsp3) is 0.259. The molecule has 2 heterocycles. The zero-order valence-corrected chi connectivity index (χ0v) is 20.0. The Kier molecular flexibility index (Phi) is 7.40. The Morgan fingerprint density at radius 2 is 1.83 bits per heavy atom. The zero-order chi connectivity index (χ0) is 24.8. The minimum Gasteiger partial charge on any atom is -0.481 e. The third-order valence-electron chi connectivity index (χ3n) is 5.44. The number of amides is 2. The van der Waals surface area contributed by atoms with Gasteiger partial charge in [-0.2, -0.15) is 0 Å². The highest BCUT2D eigenvalue weighted by Gasteiger charge is 2.33. The highest BCUT2D eigenvalue weighted by atomic mass is 16.5. The summed E-state index contributed by atoms with van der Waals surface area (Å²) in [6.07, 6.45) is -0.272. The summed E-state index contributed by atoms with van der Waals surface area (Å²) >= 11 is 0. The van der Waals surface area contributed by atoms with E-state index < -0.39 is 12.3 Å². The Morgan fingerprint density at radius 1 is 1.09 bits per heavy atom. The Morgan fingerprint density at radius 3 is 2.57 bits per heavy atom. The molecule has 180 valence electrons. The quantitative estimate of drug-likeness (QED) is 0.557. The molecule has 1 aromatic heterocycles. The maximum absolute atomic E-state index is 13.7. The van der Waals surface area contributed by atoms with Crippen molar-refractivity contribution in [1.82, 2.24) is 10.3 Å². The molecule has 1 unspecified atom stereocenters. The number of carbonyl (C=O) groups excluding carboxylic acids is 2. The van der Waals surface area contributed by atoms with Crippen molar-refractivity contribution in [2.45, 2.75) is 26.6 Å². The number of pyridine rings is 1. The molecule has 1 N–H and O–H groups in total. The first-order valence-corrected chi connectivity index (χ1v) is 11.4. The first-order chi connectivity index (χ1) is 17.0. The van der Waals surface area contributed by atoms with Gasteiger partial charge in [-0.1, -0.05) is 62.4 Å². The van der Waals surface area contributed by atoms with E-state index in [2.05, 4.69) is 10.3 Å². The van der Waals surface area contributed by atoms with E-state index in [1.165, 1.54) is 7.11 Å². The van der Waals surface area contributed by atoms with Crippen molar-refractivity contribution in [1.29, 1.82) is 0 Å². The van der Waals surface area contributed by atoms with Crippen molar-refractivity contribution in [3.8, 4) is 5.88 Å². The van der Waals surface area contributed by atoms with E-state index >= 15 is 0 Å². The van der Waals surface area contributed by atoms with E-state index in [0.717, 1.165) is 16.8 Å². The van der Waals surface area contributed by atoms with E-state index in [-0.39, 0.29) is 18.4 Å². The van der Waals surface area contributed by atoms with Crippen LogP contribution in [0.4, 0.5) is 10.5 Å². The lowest BCUT2D eigenvalue weighted by atomic mass is 10.0. The fourth-order valence-electron chi connectivity index (χ4n) is 3.85. The van der Waals surface area contributed by atoms with Crippen LogP contribution in [0.5, 0.6) is 5.88 Å². The molecule has 4 rings (SSSR count). The highest BCUT2D eigenvalue weighted by Crippen LogP contribution is 2.29. The minimum absolute atomic E-state index is 0.0850. The molecule has 0 saturated heterocycles. The number of benzodiazepines with no additional fused rings is 1. The number of hydrogen-bond donors (Lipinski definition) is 1. The number of methoxy groups -OCH3 is 1. The van der Waals surface area contributed by atoms with Crippen LogP contribution < -0.4 is 15.0 Å². The molecular weight excluding hydrogens is 444 g/mol. The molecule has 0 aliphatic carbocycles. The third-order valence-corrected chi connectivity index (χ3v) is 5.44. The summed E-state index contributed by atoms with van der Waals surface area (Å²) < 4.78 is 10.7. The number of carbonyl (C=O) groups is 2. The smallest absolute Gasteiger partial charge is 0.409 e. The summed E-state index contributed by atoms with van der Waals surface area (Å²) in [6, 6.07) is 20.5. The average Bonchev–Trinajstić information content (AvgIpc) is 2.98. The van der Waals surface area contributed by atoms with Crippen molar-refractivity contribution in [2.24, 2.45) is 10.9 Å². The minimum atomic E-state index is -1.17. The van der Waals surface area contributed by atoms with Gasteiger partial charge >= 0.3 is 6.09 Å².